The summed E-state index contributed by atoms with van der Waals surface area (Å²) in [6, 6.07) is 7.57. The van der Waals surface area contributed by atoms with Crippen LogP contribution in [0.15, 0.2) is 30.3 Å². The van der Waals surface area contributed by atoms with E-state index in [1.807, 2.05) is 30.3 Å². The van der Waals surface area contributed by atoms with E-state index in [9.17, 15) is 14.4 Å². The summed E-state index contributed by atoms with van der Waals surface area (Å²) in [4.78, 5) is 33.1. The van der Waals surface area contributed by atoms with E-state index < -0.39 is 23.9 Å². The molecule has 0 fully saturated rings. The van der Waals surface area contributed by atoms with Gasteiger partial charge >= 0.3 is 0 Å². The van der Waals surface area contributed by atoms with Crippen LogP contribution in [0.5, 0.6) is 0 Å². The first-order chi connectivity index (χ1) is 9.02. The van der Waals surface area contributed by atoms with Crippen LogP contribution in [0.25, 0.3) is 0 Å². The van der Waals surface area contributed by atoms with Crippen LogP contribution in [0.2, 0.25) is 0 Å². The lowest BCUT2D eigenvalue weighted by atomic mass is 10.1. The lowest BCUT2D eigenvalue weighted by molar-refractivity contribution is -0.126. The summed E-state index contributed by atoms with van der Waals surface area (Å²) >= 11 is 0. The summed E-state index contributed by atoms with van der Waals surface area (Å²) in [7, 11) is 0. The van der Waals surface area contributed by atoms with Gasteiger partial charge < -0.3 is 21.6 Å². The van der Waals surface area contributed by atoms with Crippen molar-refractivity contribution in [3.63, 3.8) is 0 Å². The molecule has 19 heavy (non-hydrogen) atoms. The van der Waals surface area contributed by atoms with Gasteiger partial charge in [0, 0.05) is 0 Å². The minimum Gasteiger partial charge on any atom is -0.370 e. The van der Waals surface area contributed by atoms with Gasteiger partial charge in [0.2, 0.25) is 11.8 Å². The number of carbonyl (C=O) groups is 3. The van der Waals surface area contributed by atoms with E-state index in [-0.39, 0.29) is 6.42 Å². The van der Waals surface area contributed by atoms with E-state index in [2.05, 4.69) is 5.32 Å². The van der Waals surface area contributed by atoms with E-state index in [4.69, 9.17) is 11.5 Å². The van der Waals surface area contributed by atoms with E-state index in [0.29, 0.717) is 12.7 Å². The van der Waals surface area contributed by atoms with Crippen molar-refractivity contribution in [3.05, 3.63) is 35.9 Å². The van der Waals surface area contributed by atoms with Gasteiger partial charge in [-0.2, -0.15) is 0 Å². The topological polar surface area (TPSA) is 115 Å². The predicted octanol–water partition coefficient (Wildman–Crippen LogP) is -0.884. The molecule has 0 saturated carbocycles. The fourth-order valence-corrected chi connectivity index (χ4v) is 1.60. The van der Waals surface area contributed by atoms with Crippen molar-refractivity contribution in [2.45, 2.75) is 24.9 Å². The minimum atomic E-state index is -0.924. The third kappa shape index (κ3) is 5.31. The Kier molecular flexibility index (Phi) is 5.69. The number of nitrogens with one attached hydrogen (secondary N) is 1. The minimum absolute atomic E-state index is 0.229. The SMILES string of the molecule is NC(=O)C[C@@H](C=O)NC(=O)[C@@H](N)Cc1ccccc1. The standard InChI is InChI=1S/C13H17N3O3/c14-11(6-9-4-2-1-3-5-9)13(19)16-10(8-17)7-12(15)18/h1-5,8,10-11H,6-7,14H2,(H2,15,18)(H,16,19)/t10-,11-/m0/s1. The maximum absolute atomic E-state index is 11.8. The lowest BCUT2D eigenvalue weighted by Crippen LogP contribution is -2.48. The van der Waals surface area contributed by atoms with E-state index >= 15 is 0 Å². The Morgan fingerprint density at radius 3 is 2.42 bits per heavy atom. The van der Waals surface area contributed by atoms with Gasteiger partial charge in [0.05, 0.1) is 18.5 Å². The summed E-state index contributed by atoms with van der Waals surface area (Å²) in [5.74, 6) is -1.14. The second-order valence-electron chi connectivity index (χ2n) is 4.22. The fraction of sp³-hybridized carbons (Fsp3) is 0.308. The van der Waals surface area contributed by atoms with Crippen molar-refractivity contribution in [1.82, 2.24) is 5.32 Å². The van der Waals surface area contributed by atoms with Gasteiger partial charge in [-0.3, -0.25) is 9.59 Å². The first kappa shape index (κ1) is 14.8. The average Bonchev–Trinajstić information content (AvgIpc) is 2.38. The van der Waals surface area contributed by atoms with Gasteiger partial charge in [0.1, 0.15) is 6.29 Å². The van der Waals surface area contributed by atoms with Crippen LogP contribution >= 0.6 is 0 Å². The second-order valence-corrected chi connectivity index (χ2v) is 4.22. The molecule has 6 heteroatoms. The Labute approximate surface area is 111 Å². The van der Waals surface area contributed by atoms with Crippen molar-refractivity contribution < 1.29 is 14.4 Å². The second kappa shape index (κ2) is 7.27. The Morgan fingerprint density at radius 1 is 1.26 bits per heavy atom. The molecule has 0 aliphatic carbocycles. The molecule has 0 spiro atoms. The van der Waals surface area contributed by atoms with Gasteiger partial charge in [-0.1, -0.05) is 30.3 Å². The zero-order valence-electron chi connectivity index (χ0n) is 10.4. The van der Waals surface area contributed by atoms with Crippen LogP contribution in [-0.2, 0) is 20.8 Å². The molecule has 0 saturated heterocycles. The Hall–Kier alpha value is -2.21. The molecule has 0 radical (unpaired) electrons. The molecule has 0 aliphatic rings. The third-order valence-corrected chi connectivity index (χ3v) is 2.55. The van der Waals surface area contributed by atoms with Gasteiger partial charge in [0.15, 0.2) is 0 Å². The molecule has 1 aromatic carbocycles. The van der Waals surface area contributed by atoms with Crippen LogP contribution in [0.3, 0.4) is 0 Å². The summed E-state index contributed by atoms with van der Waals surface area (Å²) in [5, 5.41) is 2.39. The molecule has 1 aromatic rings. The highest BCUT2D eigenvalue weighted by molar-refractivity contribution is 5.86. The normalized spacial score (nSPS) is 13.3. The zero-order valence-corrected chi connectivity index (χ0v) is 10.4. The molecule has 102 valence electrons. The Bertz CT molecular complexity index is 448. The van der Waals surface area contributed by atoms with Crippen LogP contribution in [0, 0.1) is 0 Å². The predicted molar refractivity (Wildman–Crippen MR) is 69.9 cm³/mol. The summed E-state index contributed by atoms with van der Waals surface area (Å²) < 4.78 is 0. The first-order valence-electron chi connectivity index (χ1n) is 5.86. The molecule has 0 bridgehead atoms. The van der Waals surface area contributed by atoms with Gasteiger partial charge in [0.25, 0.3) is 0 Å². The van der Waals surface area contributed by atoms with Gasteiger partial charge in [-0.15, -0.1) is 0 Å². The first-order valence-corrected chi connectivity index (χ1v) is 5.86. The van der Waals surface area contributed by atoms with Crippen LogP contribution in [0.4, 0.5) is 0 Å². The number of primary amides is 1. The molecule has 2 atom stereocenters. The maximum Gasteiger partial charge on any atom is 0.237 e. The highest BCUT2D eigenvalue weighted by Gasteiger charge is 2.19. The third-order valence-electron chi connectivity index (χ3n) is 2.55. The van der Waals surface area contributed by atoms with Gasteiger partial charge in [-0.05, 0) is 12.0 Å². The highest BCUT2D eigenvalue weighted by Crippen LogP contribution is 2.02. The molecular formula is C13H17N3O3. The largest absolute Gasteiger partial charge is 0.370 e. The average molecular weight is 263 g/mol. The smallest absolute Gasteiger partial charge is 0.237 e. The number of rotatable bonds is 7. The van der Waals surface area contributed by atoms with E-state index in [0.717, 1.165) is 5.56 Å². The summed E-state index contributed by atoms with van der Waals surface area (Å²) in [5.41, 5.74) is 11.6. The molecular weight excluding hydrogens is 246 g/mol. The number of nitrogens with two attached hydrogens (primary N) is 2. The zero-order chi connectivity index (χ0) is 14.3. The van der Waals surface area contributed by atoms with Crippen molar-refractivity contribution >= 4 is 18.1 Å². The van der Waals surface area contributed by atoms with Crippen molar-refractivity contribution in [2.75, 3.05) is 0 Å². The number of hydrogen-bond donors (Lipinski definition) is 3. The number of hydrogen-bond acceptors (Lipinski definition) is 4. The van der Waals surface area contributed by atoms with Crippen molar-refractivity contribution in [3.8, 4) is 0 Å². The van der Waals surface area contributed by atoms with Crippen molar-refractivity contribution in [1.29, 1.82) is 0 Å². The molecule has 0 heterocycles. The molecule has 1 rings (SSSR count). The number of amides is 2. The summed E-state index contributed by atoms with van der Waals surface area (Å²) in [6.45, 7) is 0. The Morgan fingerprint density at radius 2 is 1.89 bits per heavy atom. The number of carbonyl (C=O) groups excluding carboxylic acids is 3. The maximum atomic E-state index is 11.8. The fourth-order valence-electron chi connectivity index (χ4n) is 1.60. The number of aldehydes is 1. The van der Waals surface area contributed by atoms with E-state index in [1.165, 1.54) is 0 Å². The van der Waals surface area contributed by atoms with Crippen LogP contribution in [-0.4, -0.2) is 30.2 Å². The lowest BCUT2D eigenvalue weighted by Gasteiger charge is -2.15. The molecule has 2 amide bonds. The van der Waals surface area contributed by atoms with Crippen molar-refractivity contribution in [2.24, 2.45) is 11.5 Å². The highest BCUT2D eigenvalue weighted by atomic mass is 16.2. The molecule has 6 nitrogen and oxygen atoms in total. The van der Waals surface area contributed by atoms with E-state index in [1.54, 1.807) is 0 Å². The monoisotopic (exact) mass is 263 g/mol. The van der Waals surface area contributed by atoms with Crippen LogP contribution in [0.1, 0.15) is 12.0 Å². The molecule has 5 N–H and O–H groups in total. The molecule has 0 aromatic heterocycles. The number of benzene rings is 1. The summed E-state index contributed by atoms with van der Waals surface area (Å²) in [6.07, 6.45) is 0.597. The quantitative estimate of drug-likeness (QED) is 0.554. The van der Waals surface area contributed by atoms with Gasteiger partial charge in [-0.25, -0.2) is 0 Å². The van der Waals surface area contributed by atoms with Crippen LogP contribution < -0.4 is 16.8 Å². The molecule has 0 unspecified atom stereocenters. The molecule has 0 aliphatic heterocycles. The Balaban J connectivity index is 2.52.